The van der Waals surface area contributed by atoms with Gasteiger partial charge in [-0.3, -0.25) is 14.4 Å². The molecule has 0 radical (unpaired) electrons. The highest BCUT2D eigenvalue weighted by molar-refractivity contribution is 7.92. The van der Waals surface area contributed by atoms with Crippen LogP contribution in [0, 0.1) is 5.82 Å². The van der Waals surface area contributed by atoms with Gasteiger partial charge >= 0.3 is 0 Å². The van der Waals surface area contributed by atoms with Crippen LogP contribution in [-0.2, 0) is 19.4 Å². The molecule has 1 N–H and O–H groups in total. The first-order valence-electron chi connectivity index (χ1n) is 10.3. The van der Waals surface area contributed by atoms with Gasteiger partial charge in [-0.1, -0.05) is 24.6 Å². The molecule has 3 amide bonds. The summed E-state index contributed by atoms with van der Waals surface area (Å²) in [7, 11) is -4.42. The molecule has 0 aromatic heterocycles. The van der Waals surface area contributed by atoms with Crippen LogP contribution in [0.4, 0.5) is 4.39 Å². The highest BCUT2D eigenvalue weighted by Gasteiger charge is 2.39. The summed E-state index contributed by atoms with van der Waals surface area (Å²) in [6, 6.07) is 9.84. The predicted molar refractivity (Wildman–Crippen MR) is 120 cm³/mol. The first-order chi connectivity index (χ1) is 15.6. The maximum absolute atomic E-state index is 13.3. The normalized spacial score (nSPS) is 15.1. The molecule has 1 aliphatic rings. The number of benzene rings is 2. The standard InChI is InChI=1S/C22H23ClFN3O5S/c1-2-19(28)26-10-12-27(13-11-26)22(30)21(25-20(29)15-4-3-5-16(23)14-15)33(31,32)18-8-6-17(24)7-9-18/h3-9,14,21H,2,10-13H2,1H3,(H,25,29)/t21-/m0/s1. The van der Waals surface area contributed by atoms with Crippen LogP contribution < -0.4 is 5.32 Å². The first kappa shape index (κ1) is 24.7. The van der Waals surface area contributed by atoms with E-state index in [1.807, 2.05) is 0 Å². The van der Waals surface area contributed by atoms with Gasteiger partial charge < -0.3 is 15.1 Å². The molecule has 3 rings (SSSR count). The number of carbonyl (C=O) groups excluding carboxylic acids is 3. The van der Waals surface area contributed by atoms with Crippen LogP contribution in [0.15, 0.2) is 53.4 Å². The summed E-state index contributed by atoms with van der Waals surface area (Å²) in [5.41, 5.74) is 0.0768. The van der Waals surface area contributed by atoms with Crippen LogP contribution in [0.1, 0.15) is 23.7 Å². The Bertz CT molecular complexity index is 1150. The van der Waals surface area contributed by atoms with Gasteiger partial charge in [0.15, 0.2) is 0 Å². The van der Waals surface area contributed by atoms with Gasteiger partial charge in [-0.15, -0.1) is 0 Å². The summed E-state index contributed by atoms with van der Waals surface area (Å²) < 4.78 is 40.0. The molecule has 1 fully saturated rings. The van der Waals surface area contributed by atoms with E-state index in [-0.39, 0.29) is 47.6 Å². The van der Waals surface area contributed by atoms with E-state index < -0.39 is 32.8 Å². The van der Waals surface area contributed by atoms with Gasteiger partial charge in [0.05, 0.1) is 4.90 Å². The minimum absolute atomic E-state index is 0.0631. The van der Waals surface area contributed by atoms with Crippen molar-refractivity contribution >= 4 is 39.2 Å². The number of amides is 3. The Kier molecular flexibility index (Phi) is 7.70. The zero-order valence-corrected chi connectivity index (χ0v) is 19.4. The van der Waals surface area contributed by atoms with Gasteiger partial charge in [0.2, 0.25) is 21.1 Å². The second kappa shape index (κ2) is 10.3. The summed E-state index contributed by atoms with van der Waals surface area (Å²) in [4.78, 5) is 40.6. The highest BCUT2D eigenvalue weighted by Crippen LogP contribution is 2.19. The number of hydrogen-bond acceptors (Lipinski definition) is 5. The van der Waals surface area contributed by atoms with E-state index in [4.69, 9.17) is 11.6 Å². The van der Waals surface area contributed by atoms with Gasteiger partial charge in [0.1, 0.15) is 5.82 Å². The lowest BCUT2D eigenvalue weighted by Gasteiger charge is -2.36. The quantitative estimate of drug-likeness (QED) is 0.618. The van der Waals surface area contributed by atoms with Crippen LogP contribution in [0.5, 0.6) is 0 Å². The number of piperazine rings is 1. The lowest BCUT2D eigenvalue weighted by atomic mass is 10.2. The molecule has 1 heterocycles. The molecular formula is C22H23ClFN3O5S. The van der Waals surface area contributed by atoms with E-state index in [9.17, 15) is 27.2 Å². The van der Waals surface area contributed by atoms with E-state index in [1.54, 1.807) is 17.9 Å². The van der Waals surface area contributed by atoms with Crippen LogP contribution in [0.2, 0.25) is 5.02 Å². The van der Waals surface area contributed by atoms with Crippen LogP contribution in [0.25, 0.3) is 0 Å². The molecule has 33 heavy (non-hydrogen) atoms. The average Bonchev–Trinajstić information content (AvgIpc) is 2.81. The number of nitrogens with zero attached hydrogens (tertiary/aromatic N) is 2. The van der Waals surface area contributed by atoms with Crippen molar-refractivity contribution in [2.75, 3.05) is 26.2 Å². The first-order valence-corrected chi connectivity index (χ1v) is 12.2. The van der Waals surface area contributed by atoms with Crippen molar-refractivity contribution in [2.45, 2.75) is 23.6 Å². The Labute approximate surface area is 196 Å². The van der Waals surface area contributed by atoms with E-state index in [2.05, 4.69) is 5.32 Å². The molecule has 176 valence electrons. The van der Waals surface area contributed by atoms with Gasteiger partial charge in [-0.2, -0.15) is 0 Å². The fourth-order valence-electron chi connectivity index (χ4n) is 3.43. The second-order valence-electron chi connectivity index (χ2n) is 7.42. The molecule has 11 heteroatoms. The molecule has 8 nitrogen and oxygen atoms in total. The fourth-order valence-corrected chi connectivity index (χ4v) is 5.08. The predicted octanol–water partition coefficient (Wildman–Crippen LogP) is 2.09. The van der Waals surface area contributed by atoms with Crippen molar-refractivity contribution in [1.82, 2.24) is 15.1 Å². The second-order valence-corrected chi connectivity index (χ2v) is 9.89. The number of carbonyl (C=O) groups is 3. The van der Waals surface area contributed by atoms with E-state index >= 15 is 0 Å². The van der Waals surface area contributed by atoms with E-state index in [0.717, 1.165) is 24.3 Å². The van der Waals surface area contributed by atoms with Crippen LogP contribution >= 0.6 is 11.6 Å². The third kappa shape index (κ3) is 5.69. The summed E-state index contributed by atoms with van der Waals surface area (Å²) in [5.74, 6) is -2.34. The van der Waals surface area contributed by atoms with Gasteiger partial charge in [0.25, 0.3) is 11.8 Å². The fraction of sp³-hybridized carbons (Fsp3) is 0.318. The number of rotatable bonds is 6. The maximum Gasteiger partial charge on any atom is 0.261 e. The Balaban J connectivity index is 1.89. The zero-order chi connectivity index (χ0) is 24.2. The average molecular weight is 496 g/mol. The Morgan fingerprint density at radius 1 is 1.03 bits per heavy atom. The number of sulfone groups is 1. The molecule has 2 aromatic rings. The summed E-state index contributed by atoms with van der Waals surface area (Å²) >= 11 is 5.92. The zero-order valence-electron chi connectivity index (χ0n) is 17.8. The number of hydrogen-bond donors (Lipinski definition) is 1. The Morgan fingerprint density at radius 3 is 2.21 bits per heavy atom. The van der Waals surface area contributed by atoms with Gasteiger partial charge in [-0.25, -0.2) is 12.8 Å². The van der Waals surface area contributed by atoms with E-state index in [0.29, 0.717) is 6.42 Å². The highest BCUT2D eigenvalue weighted by atomic mass is 35.5. The molecule has 0 saturated carbocycles. The van der Waals surface area contributed by atoms with Crippen molar-refractivity contribution in [2.24, 2.45) is 0 Å². The number of halogens is 2. The third-order valence-corrected chi connectivity index (χ3v) is 7.38. The molecule has 1 saturated heterocycles. The molecule has 1 aliphatic heterocycles. The van der Waals surface area contributed by atoms with Gasteiger partial charge in [-0.05, 0) is 42.5 Å². The lowest BCUT2D eigenvalue weighted by Crippen LogP contribution is -2.57. The lowest BCUT2D eigenvalue weighted by molar-refractivity contribution is -0.139. The van der Waals surface area contributed by atoms with Crippen molar-refractivity contribution in [1.29, 1.82) is 0 Å². The largest absolute Gasteiger partial charge is 0.339 e. The molecule has 0 bridgehead atoms. The van der Waals surface area contributed by atoms with Crippen LogP contribution in [-0.4, -0.2) is 67.5 Å². The molecule has 1 atom stereocenters. The smallest absolute Gasteiger partial charge is 0.261 e. The number of nitrogens with one attached hydrogen (secondary N) is 1. The van der Waals surface area contributed by atoms with Crippen LogP contribution in [0.3, 0.4) is 0 Å². The molecular weight excluding hydrogens is 473 g/mol. The minimum Gasteiger partial charge on any atom is -0.339 e. The minimum atomic E-state index is -4.42. The third-order valence-electron chi connectivity index (χ3n) is 5.27. The maximum atomic E-state index is 13.3. The SMILES string of the molecule is CCC(=O)N1CCN(C(=O)[C@@H](NC(=O)c2cccc(Cl)c2)S(=O)(=O)c2ccc(F)cc2)CC1. The topological polar surface area (TPSA) is 104 Å². The van der Waals surface area contributed by atoms with Gasteiger partial charge in [0, 0.05) is 43.2 Å². The van der Waals surface area contributed by atoms with Crippen molar-refractivity contribution in [3.05, 3.63) is 64.9 Å². The molecule has 2 aromatic carbocycles. The summed E-state index contributed by atoms with van der Waals surface area (Å²) in [6.07, 6.45) is 0.325. The molecule has 0 unspecified atom stereocenters. The summed E-state index contributed by atoms with van der Waals surface area (Å²) in [5, 5.41) is 0.631. The molecule has 0 aliphatic carbocycles. The van der Waals surface area contributed by atoms with Crippen molar-refractivity contribution in [3.63, 3.8) is 0 Å². The Morgan fingerprint density at radius 2 is 1.64 bits per heavy atom. The molecule has 0 spiro atoms. The van der Waals surface area contributed by atoms with Crippen molar-refractivity contribution in [3.8, 4) is 0 Å². The monoisotopic (exact) mass is 495 g/mol. The van der Waals surface area contributed by atoms with Crippen molar-refractivity contribution < 1.29 is 27.2 Å². The summed E-state index contributed by atoms with van der Waals surface area (Å²) in [6.45, 7) is 2.48. The van der Waals surface area contributed by atoms with E-state index in [1.165, 1.54) is 23.1 Å². The Hall–Kier alpha value is -2.98.